The lowest BCUT2D eigenvalue weighted by Gasteiger charge is -2.40. The molecule has 2 heterocycles. The van der Waals surface area contributed by atoms with Crippen LogP contribution in [0.4, 0.5) is 17.5 Å². The SMILES string of the molecule is CCC[C@@H]1[C@@H](C)CCCN1c1ncc([N+](=O)[O-])c(N)n1. The van der Waals surface area contributed by atoms with Crippen molar-refractivity contribution >= 4 is 17.5 Å². The van der Waals surface area contributed by atoms with Gasteiger partial charge in [0.05, 0.1) is 4.92 Å². The van der Waals surface area contributed by atoms with E-state index in [2.05, 4.69) is 28.7 Å². The lowest BCUT2D eigenvalue weighted by molar-refractivity contribution is -0.384. The molecular weight excluding hydrogens is 258 g/mol. The van der Waals surface area contributed by atoms with Crippen molar-refractivity contribution in [2.45, 2.75) is 45.6 Å². The molecule has 0 radical (unpaired) electrons. The molecule has 0 bridgehead atoms. The normalized spacial score (nSPS) is 22.8. The van der Waals surface area contributed by atoms with Gasteiger partial charge in [0.15, 0.2) is 0 Å². The minimum atomic E-state index is -0.554. The Morgan fingerprint density at radius 2 is 2.35 bits per heavy atom. The van der Waals surface area contributed by atoms with Crippen molar-refractivity contribution in [3.63, 3.8) is 0 Å². The molecule has 1 fully saturated rings. The Labute approximate surface area is 118 Å². The van der Waals surface area contributed by atoms with E-state index in [0.717, 1.165) is 25.8 Å². The summed E-state index contributed by atoms with van der Waals surface area (Å²) < 4.78 is 0. The Bertz CT molecular complexity index is 494. The van der Waals surface area contributed by atoms with Crippen LogP contribution in [0.3, 0.4) is 0 Å². The number of nitro groups is 1. The third-order valence-corrected chi connectivity index (χ3v) is 3.94. The summed E-state index contributed by atoms with van der Waals surface area (Å²) in [6, 6.07) is 0.384. The molecule has 0 aromatic carbocycles. The second-order valence-corrected chi connectivity index (χ2v) is 5.37. The summed E-state index contributed by atoms with van der Waals surface area (Å²) in [5.74, 6) is 1.02. The number of hydrogen-bond donors (Lipinski definition) is 1. The molecule has 2 N–H and O–H groups in total. The Morgan fingerprint density at radius 1 is 1.60 bits per heavy atom. The van der Waals surface area contributed by atoms with Gasteiger partial charge < -0.3 is 10.6 Å². The molecular formula is C13H21N5O2. The molecule has 1 aliphatic rings. The third kappa shape index (κ3) is 2.81. The van der Waals surface area contributed by atoms with Crippen LogP contribution in [0.1, 0.15) is 39.5 Å². The zero-order valence-electron chi connectivity index (χ0n) is 12.0. The fourth-order valence-corrected chi connectivity index (χ4v) is 2.89. The van der Waals surface area contributed by atoms with Gasteiger partial charge in [0.25, 0.3) is 0 Å². The maximum atomic E-state index is 10.8. The van der Waals surface area contributed by atoms with E-state index in [1.54, 1.807) is 0 Å². The summed E-state index contributed by atoms with van der Waals surface area (Å²) in [5.41, 5.74) is 5.43. The fraction of sp³-hybridized carbons (Fsp3) is 0.692. The molecule has 0 amide bonds. The zero-order chi connectivity index (χ0) is 14.7. The van der Waals surface area contributed by atoms with E-state index in [9.17, 15) is 10.1 Å². The van der Waals surface area contributed by atoms with Gasteiger partial charge >= 0.3 is 5.69 Å². The number of anilines is 2. The molecule has 110 valence electrons. The Hall–Kier alpha value is -1.92. The van der Waals surface area contributed by atoms with Gasteiger partial charge in [-0.2, -0.15) is 4.98 Å². The number of aromatic nitrogens is 2. The van der Waals surface area contributed by atoms with E-state index in [0.29, 0.717) is 17.9 Å². The summed E-state index contributed by atoms with van der Waals surface area (Å²) in [6.45, 7) is 5.28. The number of piperidine rings is 1. The van der Waals surface area contributed by atoms with Crippen LogP contribution < -0.4 is 10.6 Å². The van der Waals surface area contributed by atoms with Crippen LogP contribution in [0.25, 0.3) is 0 Å². The van der Waals surface area contributed by atoms with Crippen LogP contribution in [0.2, 0.25) is 0 Å². The average molecular weight is 279 g/mol. The maximum Gasteiger partial charge on any atom is 0.329 e. The average Bonchev–Trinajstić information content (AvgIpc) is 2.40. The van der Waals surface area contributed by atoms with Crippen molar-refractivity contribution in [3.05, 3.63) is 16.3 Å². The van der Waals surface area contributed by atoms with Crippen molar-refractivity contribution in [2.75, 3.05) is 17.2 Å². The highest BCUT2D eigenvalue weighted by atomic mass is 16.6. The Kier molecular flexibility index (Phi) is 4.36. The molecule has 2 atom stereocenters. The van der Waals surface area contributed by atoms with Gasteiger partial charge in [-0.3, -0.25) is 10.1 Å². The summed E-state index contributed by atoms with van der Waals surface area (Å²) in [7, 11) is 0. The zero-order valence-corrected chi connectivity index (χ0v) is 12.0. The van der Waals surface area contributed by atoms with Crippen molar-refractivity contribution < 1.29 is 4.92 Å². The topological polar surface area (TPSA) is 98.2 Å². The highest BCUT2D eigenvalue weighted by molar-refractivity contribution is 5.54. The molecule has 0 spiro atoms. The van der Waals surface area contributed by atoms with Crippen LogP contribution in [-0.4, -0.2) is 27.5 Å². The van der Waals surface area contributed by atoms with Crippen LogP contribution in [0.5, 0.6) is 0 Å². The molecule has 2 rings (SSSR count). The number of nitrogens with zero attached hydrogens (tertiary/aromatic N) is 4. The van der Waals surface area contributed by atoms with Crippen LogP contribution in [0.15, 0.2) is 6.20 Å². The van der Waals surface area contributed by atoms with Gasteiger partial charge in [-0.1, -0.05) is 20.3 Å². The quantitative estimate of drug-likeness (QED) is 0.671. The van der Waals surface area contributed by atoms with Gasteiger partial charge in [0.2, 0.25) is 11.8 Å². The highest BCUT2D eigenvalue weighted by Crippen LogP contribution is 2.30. The fourth-order valence-electron chi connectivity index (χ4n) is 2.89. The van der Waals surface area contributed by atoms with E-state index < -0.39 is 4.92 Å². The Morgan fingerprint density at radius 3 is 2.95 bits per heavy atom. The van der Waals surface area contributed by atoms with E-state index in [1.807, 2.05) is 0 Å². The lowest BCUT2D eigenvalue weighted by Crippen LogP contribution is -2.45. The van der Waals surface area contributed by atoms with Gasteiger partial charge in [0, 0.05) is 12.6 Å². The molecule has 1 saturated heterocycles. The van der Waals surface area contributed by atoms with Crippen molar-refractivity contribution in [1.82, 2.24) is 9.97 Å². The summed E-state index contributed by atoms with van der Waals surface area (Å²) >= 11 is 0. The first-order valence-electron chi connectivity index (χ1n) is 7.08. The summed E-state index contributed by atoms with van der Waals surface area (Å²) in [4.78, 5) is 20.6. The maximum absolute atomic E-state index is 10.8. The minimum absolute atomic E-state index is 0.0616. The molecule has 7 nitrogen and oxygen atoms in total. The second-order valence-electron chi connectivity index (χ2n) is 5.37. The van der Waals surface area contributed by atoms with Gasteiger partial charge in [0.1, 0.15) is 6.20 Å². The predicted octanol–water partition coefficient (Wildman–Crippen LogP) is 2.37. The number of hydrogen-bond acceptors (Lipinski definition) is 6. The third-order valence-electron chi connectivity index (χ3n) is 3.94. The van der Waals surface area contributed by atoms with E-state index in [1.165, 1.54) is 12.6 Å². The molecule has 7 heteroatoms. The van der Waals surface area contributed by atoms with Crippen LogP contribution in [0, 0.1) is 16.0 Å². The van der Waals surface area contributed by atoms with Crippen molar-refractivity contribution in [2.24, 2.45) is 5.92 Å². The van der Waals surface area contributed by atoms with Crippen molar-refractivity contribution in [3.8, 4) is 0 Å². The monoisotopic (exact) mass is 279 g/mol. The van der Waals surface area contributed by atoms with Crippen LogP contribution >= 0.6 is 0 Å². The second kappa shape index (κ2) is 6.02. The van der Waals surface area contributed by atoms with E-state index in [-0.39, 0.29) is 11.5 Å². The molecule has 0 aliphatic carbocycles. The molecule has 20 heavy (non-hydrogen) atoms. The number of rotatable bonds is 4. The van der Waals surface area contributed by atoms with E-state index >= 15 is 0 Å². The first-order chi connectivity index (χ1) is 9.54. The smallest absolute Gasteiger partial charge is 0.329 e. The molecule has 1 aromatic rings. The molecule has 0 unspecified atom stereocenters. The van der Waals surface area contributed by atoms with Gasteiger partial charge in [-0.25, -0.2) is 4.98 Å². The van der Waals surface area contributed by atoms with E-state index in [4.69, 9.17) is 5.73 Å². The molecule has 1 aliphatic heterocycles. The molecule has 1 aromatic heterocycles. The lowest BCUT2D eigenvalue weighted by atomic mass is 9.88. The predicted molar refractivity (Wildman–Crippen MR) is 77.5 cm³/mol. The largest absolute Gasteiger partial charge is 0.378 e. The van der Waals surface area contributed by atoms with Crippen LogP contribution in [-0.2, 0) is 0 Å². The van der Waals surface area contributed by atoms with Gasteiger partial charge in [-0.15, -0.1) is 0 Å². The minimum Gasteiger partial charge on any atom is -0.378 e. The number of nitrogens with two attached hydrogens (primary N) is 1. The first-order valence-corrected chi connectivity index (χ1v) is 7.08. The van der Waals surface area contributed by atoms with Gasteiger partial charge in [-0.05, 0) is 25.2 Å². The Balaban J connectivity index is 2.28. The first kappa shape index (κ1) is 14.5. The summed E-state index contributed by atoms with van der Waals surface area (Å²) in [5, 5.41) is 10.8. The standard InChI is InChI=1S/C13H21N5O2/c1-3-5-10-9(2)6-4-7-17(10)13-15-8-11(18(19)20)12(14)16-13/h8-10H,3-7H2,1-2H3,(H2,14,15,16)/t9-,10+/m0/s1. The van der Waals surface area contributed by atoms with Crippen molar-refractivity contribution in [1.29, 1.82) is 0 Å². The highest BCUT2D eigenvalue weighted by Gasteiger charge is 2.30. The summed E-state index contributed by atoms with van der Waals surface area (Å²) in [6.07, 6.45) is 5.65. The number of nitrogen functional groups attached to an aromatic ring is 1. The molecule has 0 saturated carbocycles.